The second kappa shape index (κ2) is 9.37. The minimum Gasteiger partial charge on any atom is -0.369 e. The summed E-state index contributed by atoms with van der Waals surface area (Å²) in [5.41, 5.74) is 7.72. The third-order valence-corrected chi connectivity index (χ3v) is 5.51. The first-order valence-corrected chi connectivity index (χ1v) is 10.7. The van der Waals surface area contributed by atoms with Gasteiger partial charge in [-0.15, -0.1) is 0 Å². The van der Waals surface area contributed by atoms with Crippen molar-refractivity contribution in [3.05, 3.63) is 65.2 Å². The van der Waals surface area contributed by atoms with Gasteiger partial charge in [0.25, 0.3) is 11.8 Å². The number of carbonyl (C=O) groups is 2. The van der Waals surface area contributed by atoms with Crippen LogP contribution >= 0.6 is 0 Å². The molecule has 2 aromatic rings. The van der Waals surface area contributed by atoms with Crippen LogP contribution in [0.1, 0.15) is 55.1 Å². The molecule has 1 atom stereocenters. The number of carbonyl (C=O) groups excluding carboxylic acids is 2. The zero-order valence-electron chi connectivity index (χ0n) is 18.5. The van der Waals surface area contributed by atoms with Gasteiger partial charge in [-0.05, 0) is 43.0 Å². The van der Waals surface area contributed by atoms with Crippen LogP contribution in [0.25, 0.3) is 0 Å². The molecule has 7 heteroatoms. The van der Waals surface area contributed by atoms with E-state index in [1.807, 2.05) is 35.2 Å². The molecule has 0 spiro atoms. The van der Waals surface area contributed by atoms with Crippen LogP contribution in [0, 0.1) is 0 Å². The maximum Gasteiger partial charge on any atom is 0.261 e. The second-order valence-electron chi connectivity index (χ2n) is 8.05. The SMILES string of the molecule is [B]c1cccc(C2(C)N=C(N)N(Cc3cccc(C(=O)N(CCC)CCC)c3)C2=O)c1. The van der Waals surface area contributed by atoms with Crippen LogP contribution in [0.15, 0.2) is 53.5 Å². The van der Waals surface area contributed by atoms with E-state index in [0.29, 0.717) is 16.6 Å². The Balaban J connectivity index is 1.82. The molecular weight excluding hydrogens is 387 g/mol. The highest BCUT2D eigenvalue weighted by Crippen LogP contribution is 2.32. The van der Waals surface area contributed by atoms with Gasteiger partial charge in [0.05, 0.1) is 6.54 Å². The third-order valence-electron chi connectivity index (χ3n) is 5.51. The predicted octanol–water partition coefficient (Wildman–Crippen LogP) is 2.31. The third kappa shape index (κ3) is 4.65. The molecule has 0 saturated carbocycles. The fraction of sp³-hybridized carbons (Fsp3) is 0.375. The molecule has 0 aliphatic carbocycles. The highest BCUT2D eigenvalue weighted by atomic mass is 16.2. The van der Waals surface area contributed by atoms with Crippen molar-refractivity contribution in [2.75, 3.05) is 13.1 Å². The first kappa shape index (κ1) is 22.6. The van der Waals surface area contributed by atoms with Gasteiger partial charge in [0.15, 0.2) is 11.5 Å². The molecule has 0 aromatic heterocycles. The Bertz CT molecular complexity index is 1000. The Labute approximate surface area is 185 Å². The van der Waals surface area contributed by atoms with Crippen LogP contribution in [0.4, 0.5) is 0 Å². The summed E-state index contributed by atoms with van der Waals surface area (Å²) in [5, 5.41) is 0. The van der Waals surface area contributed by atoms with Gasteiger partial charge in [0.2, 0.25) is 0 Å². The summed E-state index contributed by atoms with van der Waals surface area (Å²) in [7, 11) is 5.90. The second-order valence-corrected chi connectivity index (χ2v) is 8.05. The van der Waals surface area contributed by atoms with Crippen molar-refractivity contribution in [1.29, 1.82) is 0 Å². The number of benzene rings is 2. The zero-order chi connectivity index (χ0) is 22.6. The highest BCUT2D eigenvalue weighted by Gasteiger charge is 2.45. The van der Waals surface area contributed by atoms with Gasteiger partial charge in [-0.3, -0.25) is 14.5 Å². The molecule has 1 aliphatic rings. The number of hydrogen-bond donors (Lipinski definition) is 1. The molecule has 3 rings (SSSR count). The number of guanidine groups is 1. The molecule has 2 amide bonds. The molecule has 0 fully saturated rings. The van der Waals surface area contributed by atoms with Gasteiger partial charge in [-0.1, -0.05) is 55.7 Å². The summed E-state index contributed by atoms with van der Waals surface area (Å²) < 4.78 is 0. The number of nitrogens with zero attached hydrogens (tertiary/aromatic N) is 3. The van der Waals surface area contributed by atoms with E-state index in [9.17, 15) is 9.59 Å². The average Bonchev–Trinajstić information content (AvgIpc) is 2.97. The summed E-state index contributed by atoms with van der Waals surface area (Å²) in [5.74, 6) is -0.0549. The molecule has 2 aromatic carbocycles. The molecule has 31 heavy (non-hydrogen) atoms. The molecular formula is C24H29BN4O2. The van der Waals surface area contributed by atoms with E-state index in [-0.39, 0.29) is 24.3 Å². The Morgan fingerprint density at radius 3 is 2.45 bits per heavy atom. The highest BCUT2D eigenvalue weighted by molar-refractivity contribution is 6.32. The van der Waals surface area contributed by atoms with Crippen LogP contribution in [0.5, 0.6) is 0 Å². The lowest BCUT2D eigenvalue weighted by Gasteiger charge is -2.24. The molecule has 1 heterocycles. The van der Waals surface area contributed by atoms with Gasteiger partial charge in [0.1, 0.15) is 7.85 Å². The lowest BCUT2D eigenvalue weighted by Crippen LogP contribution is -2.41. The standard InChI is InChI=1S/C24H29BN4O2/c1-4-12-28(13-5-2)21(30)18-9-6-8-17(14-18)16-29-22(31)24(3,27-23(29)26)19-10-7-11-20(25)15-19/h6-11,14-15H,4-5,12-13,16H2,1-3H3,(H2,26,27). The summed E-state index contributed by atoms with van der Waals surface area (Å²) in [6.45, 7) is 7.55. The van der Waals surface area contributed by atoms with Crippen LogP contribution in [-0.4, -0.2) is 48.5 Å². The van der Waals surface area contributed by atoms with Crippen LogP contribution in [0.2, 0.25) is 0 Å². The Morgan fingerprint density at radius 2 is 1.81 bits per heavy atom. The van der Waals surface area contributed by atoms with Crippen LogP contribution < -0.4 is 11.2 Å². The number of hydrogen-bond acceptors (Lipinski definition) is 4. The first-order chi connectivity index (χ1) is 14.8. The number of amides is 2. The molecule has 2 radical (unpaired) electrons. The van der Waals surface area contributed by atoms with E-state index in [1.165, 1.54) is 4.90 Å². The fourth-order valence-corrected chi connectivity index (χ4v) is 3.91. The normalized spacial score (nSPS) is 18.2. The average molecular weight is 416 g/mol. The number of nitrogens with two attached hydrogens (primary N) is 1. The molecule has 1 aliphatic heterocycles. The fourth-order valence-electron chi connectivity index (χ4n) is 3.91. The number of aliphatic imine (C=N–C) groups is 1. The van der Waals surface area contributed by atoms with Gasteiger partial charge in [-0.25, -0.2) is 4.99 Å². The Kier molecular flexibility index (Phi) is 6.83. The first-order valence-electron chi connectivity index (χ1n) is 10.7. The zero-order valence-corrected chi connectivity index (χ0v) is 18.5. The maximum absolute atomic E-state index is 13.3. The molecule has 0 saturated heterocycles. The van der Waals surface area contributed by atoms with Crippen molar-refractivity contribution >= 4 is 31.1 Å². The van der Waals surface area contributed by atoms with Crippen LogP contribution in [-0.2, 0) is 16.9 Å². The molecule has 2 N–H and O–H groups in total. The van der Waals surface area contributed by atoms with E-state index in [2.05, 4.69) is 18.8 Å². The summed E-state index contributed by atoms with van der Waals surface area (Å²) >= 11 is 0. The van der Waals surface area contributed by atoms with Crippen molar-refractivity contribution in [2.24, 2.45) is 10.7 Å². The van der Waals surface area contributed by atoms with Gasteiger partial charge >= 0.3 is 0 Å². The quantitative estimate of drug-likeness (QED) is 0.671. The van der Waals surface area contributed by atoms with E-state index in [1.54, 1.807) is 25.1 Å². The summed E-state index contributed by atoms with van der Waals surface area (Å²) in [6, 6.07) is 14.5. The lowest BCUT2D eigenvalue weighted by atomic mass is 9.86. The topological polar surface area (TPSA) is 79.0 Å². The van der Waals surface area contributed by atoms with Gasteiger partial charge in [-0.2, -0.15) is 0 Å². The van der Waals surface area contributed by atoms with Crippen molar-refractivity contribution in [1.82, 2.24) is 9.80 Å². The van der Waals surface area contributed by atoms with E-state index >= 15 is 0 Å². The minimum absolute atomic E-state index is 0.00420. The van der Waals surface area contributed by atoms with Crippen molar-refractivity contribution < 1.29 is 9.59 Å². The molecule has 6 nitrogen and oxygen atoms in total. The molecule has 160 valence electrons. The minimum atomic E-state index is -1.12. The van der Waals surface area contributed by atoms with E-state index < -0.39 is 5.54 Å². The van der Waals surface area contributed by atoms with E-state index in [4.69, 9.17) is 13.6 Å². The van der Waals surface area contributed by atoms with E-state index in [0.717, 1.165) is 31.5 Å². The van der Waals surface area contributed by atoms with Crippen molar-refractivity contribution in [3.63, 3.8) is 0 Å². The smallest absolute Gasteiger partial charge is 0.261 e. The van der Waals surface area contributed by atoms with Crippen molar-refractivity contribution in [2.45, 2.75) is 45.7 Å². The van der Waals surface area contributed by atoms with Gasteiger partial charge in [0, 0.05) is 18.7 Å². The van der Waals surface area contributed by atoms with Crippen molar-refractivity contribution in [3.8, 4) is 0 Å². The molecule has 1 unspecified atom stereocenters. The summed E-state index contributed by atoms with van der Waals surface area (Å²) in [6.07, 6.45) is 1.81. The molecule has 0 bridgehead atoms. The van der Waals surface area contributed by atoms with Gasteiger partial charge < -0.3 is 10.6 Å². The monoisotopic (exact) mass is 416 g/mol. The Hall–Kier alpha value is -3.09. The van der Waals surface area contributed by atoms with Crippen LogP contribution in [0.3, 0.4) is 0 Å². The number of rotatable bonds is 8. The predicted molar refractivity (Wildman–Crippen MR) is 124 cm³/mol. The maximum atomic E-state index is 13.3. The lowest BCUT2D eigenvalue weighted by molar-refractivity contribution is -0.131. The largest absolute Gasteiger partial charge is 0.369 e. The Morgan fingerprint density at radius 1 is 1.13 bits per heavy atom. The summed E-state index contributed by atoms with van der Waals surface area (Å²) in [4.78, 5) is 34.0.